The number of alkyl halides is 2. The Balaban J connectivity index is 1.30. The first-order chi connectivity index (χ1) is 19.2. The average Bonchev–Trinajstić information content (AvgIpc) is 3.34. The SMILES string of the molecule is C=CCC1CCC(CCNC(=O)c2cn(-c3ccc(F)cc3F)c3nc(N4CC5C(C4)C5(F)F)ccc3c2=O)C1. The van der Waals surface area contributed by atoms with Gasteiger partial charge in [-0.25, -0.2) is 22.5 Å². The number of fused-ring (bicyclic) bond motifs is 2. The minimum Gasteiger partial charge on any atom is -0.356 e. The molecule has 3 heterocycles. The summed E-state index contributed by atoms with van der Waals surface area (Å²) in [5.41, 5.74) is -0.812. The summed E-state index contributed by atoms with van der Waals surface area (Å²) in [4.78, 5) is 32.8. The van der Waals surface area contributed by atoms with Gasteiger partial charge in [0.1, 0.15) is 23.0 Å². The number of amides is 1. The fourth-order valence-corrected chi connectivity index (χ4v) is 6.46. The summed E-state index contributed by atoms with van der Waals surface area (Å²) >= 11 is 0. The lowest BCUT2D eigenvalue weighted by Gasteiger charge is -2.22. The summed E-state index contributed by atoms with van der Waals surface area (Å²) in [7, 11) is 0. The Kier molecular flexibility index (Phi) is 6.67. The van der Waals surface area contributed by atoms with Gasteiger partial charge in [-0.3, -0.25) is 14.2 Å². The van der Waals surface area contributed by atoms with Gasteiger partial charge in [0, 0.05) is 31.9 Å². The predicted octanol–water partition coefficient (Wildman–Crippen LogP) is 5.48. The quantitative estimate of drug-likeness (QED) is 0.296. The first-order valence-electron chi connectivity index (χ1n) is 13.7. The van der Waals surface area contributed by atoms with E-state index >= 15 is 0 Å². The van der Waals surface area contributed by atoms with Crippen molar-refractivity contribution in [2.45, 2.75) is 38.0 Å². The van der Waals surface area contributed by atoms with Gasteiger partial charge >= 0.3 is 0 Å². The molecular formula is C30H30F4N4O2. The van der Waals surface area contributed by atoms with Gasteiger partial charge in [0.05, 0.1) is 22.9 Å². The summed E-state index contributed by atoms with van der Waals surface area (Å²) in [6.45, 7) is 4.45. The number of hydrogen-bond donors (Lipinski definition) is 1. The summed E-state index contributed by atoms with van der Waals surface area (Å²) in [5, 5.41) is 2.90. The highest BCUT2D eigenvalue weighted by Gasteiger charge is 2.71. The molecule has 40 heavy (non-hydrogen) atoms. The zero-order valence-electron chi connectivity index (χ0n) is 21.9. The van der Waals surface area contributed by atoms with Crippen molar-refractivity contribution in [3.8, 4) is 5.69 Å². The monoisotopic (exact) mass is 554 g/mol. The Morgan fingerprint density at radius 2 is 1.88 bits per heavy atom. The molecule has 1 amide bonds. The smallest absolute Gasteiger partial charge is 0.258 e. The maximum absolute atomic E-state index is 14.9. The molecule has 1 saturated heterocycles. The third kappa shape index (κ3) is 4.67. The molecule has 6 rings (SSSR count). The van der Waals surface area contributed by atoms with E-state index in [1.807, 2.05) is 6.08 Å². The van der Waals surface area contributed by atoms with E-state index in [0.717, 1.165) is 38.2 Å². The molecule has 4 atom stereocenters. The summed E-state index contributed by atoms with van der Waals surface area (Å²) < 4.78 is 57.4. The van der Waals surface area contributed by atoms with Crippen LogP contribution >= 0.6 is 0 Å². The van der Waals surface area contributed by atoms with Crippen molar-refractivity contribution in [1.29, 1.82) is 0 Å². The second-order valence-corrected chi connectivity index (χ2v) is 11.3. The minimum absolute atomic E-state index is 0.0520. The molecule has 1 aromatic carbocycles. The topological polar surface area (TPSA) is 67.2 Å². The number of nitrogens with zero attached hydrogens (tertiary/aromatic N) is 3. The molecule has 210 valence electrons. The molecule has 0 spiro atoms. The average molecular weight is 555 g/mol. The van der Waals surface area contributed by atoms with Gasteiger partial charge in [-0.2, -0.15) is 0 Å². The number of carbonyl (C=O) groups is 1. The van der Waals surface area contributed by atoms with Crippen LogP contribution in [0.3, 0.4) is 0 Å². The highest BCUT2D eigenvalue weighted by atomic mass is 19.3. The third-order valence-electron chi connectivity index (χ3n) is 8.76. The zero-order chi connectivity index (χ0) is 28.2. The number of halogens is 4. The molecule has 6 nitrogen and oxygen atoms in total. The lowest BCUT2D eigenvalue weighted by atomic mass is 9.99. The maximum Gasteiger partial charge on any atom is 0.258 e. The lowest BCUT2D eigenvalue weighted by Crippen LogP contribution is -2.32. The van der Waals surface area contributed by atoms with E-state index in [2.05, 4.69) is 16.9 Å². The van der Waals surface area contributed by atoms with Gasteiger partial charge in [-0.1, -0.05) is 12.5 Å². The van der Waals surface area contributed by atoms with Crippen LogP contribution in [0.4, 0.5) is 23.4 Å². The molecule has 0 bridgehead atoms. The van der Waals surface area contributed by atoms with Gasteiger partial charge in [-0.15, -0.1) is 6.58 Å². The first kappa shape index (κ1) is 26.5. The van der Waals surface area contributed by atoms with Crippen LogP contribution in [0.2, 0.25) is 0 Å². The summed E-state index contributed by atoms with van der Waals surface area (Å²) in [6, 6.07) is 6.02. The van der Waals surface area contributed by atoms with Gasteiger partial charge in [0.2, 0.25) is 5.43 Å². The van der Waals surface area contributed by atoms with Crippen molar-refractivity contribution in [2.24, 2.45) is 23.7 Å². The van der Waals surface area contributed by atoms with Crippen molar-refractivity contribution in [1.82, 2.24) is 14.9 Å². The zero-order valence-corrected chi connectivity index (χ0v) is 21.9. The Morgan fingerprint density at radius 1 is 1.12 bits per heavy atom. The molecule has 3 aliphatic rings. The van der Waals surface area contributed by atoms with Gasteiger partial charge < -0.3 is 10.2 Å². The Labute approximate surface area is 228 Å². The number of nitrogens with one attached hydrogen (secondary N) is 1. The van der Waals surface area contributed by atoms with Crippen LogP contribution in [-0.4, -0.2) is 41.0 Å². The van der Waals surface area contributed by atoms with Crippen LogP contribution in [-0.2, 0) is 0 Å². The van der Waals surface area contributed by atoms with Gasteiger partial charge in [-0.05, 0) is 61.8 Å². The molecule has 1 N–H and O–H groups in total. The summed E-state index contributed by atoms with van der Waals surface area (Å²) in [5.74, 6) is -4.92. The number of pyridine rings is 2. The molecule has 3 aromatic rings. The Bertz CT molecular complexity index is 1540. The van der Waals surface area contributed by atoms with Gasteiger partial charge in [0.25, 0.3) is 11.8 Å². The highest BCUT2D eigenvalue weighted by molar-refractivity contribution is 5.97. The van der Waals surface area contributed by atoms with E-state index in [1.165, 1.54) is 22.9 Å². The number of anilines is 1. The maximum atomic E-state index is 14.9. The number of allylic oxidation sites excluding steroid dienone is 1. The molecule has 2 saturated carbocycles. The minimum atomic E-state index is -2.67. The van der Waals surface area contributed by atoms with Crippen LogP contribution in [0, 0.1) is 35.3 Å². The number of benzene rings is 1. The number of aromatic nitrogens is 2. The predicted molar refractivity (Wildman–Crippen MR) is 144 cm³/mol. The Morgan fingerprint density at radius 3 is 2.60 bits per heavy atom. The van der Waals surface area contributed by atoms with Crippen LogP contribution in [0.15, 0.2) is 54.0 Å². The second-order valence-electron chi connectivity index (χ2n) is 11.3. The van der Waals surface area contributed by atoms with E-state index < -0.39 is 40.7 Å². The lowest BCUT2D eigenvalue weighted by molar-refractivity contribution is 0.0796. The van der Waals surface area contributed by atoms with Crippen molar-refractivity contribution < 1.29 is 22.4 Å². The van der Waals surface area contributed by atoms with Crippen LogP contribution in [0.1, 0.15) is 42.5 Å². The molecule has 10 heteroatoms. The van der Waals surface area contributed by atoms with E-state index in [1.54, 1.807) is 11.0 Å². The van der Waals surface area contributed by atoms with Crippen molar-refractivity contribution >= 4 is 22.8 Å². The van der Waals surface area contributed by atoms with E-state index in [4.69, 9.17) is 0 Å². The molecule has 2 aliphatic carbocycles. The second kappa shape index (κ2) is 10.1. The van der Waals surface area contributed by atoms with E-state index in [-0.39, 0.29) is 35.4 Å². The van der Waals surface area contributed by atoms with Crippen LogP contribution in [0.25, 0.3) is 16.7 Å². The largest absolute Gasteiger partial charge is 0.356 e. The number of carbonyl (C=O) groups excluding carboxylic acids is 1. The molecule has 4 unspecified atom stereocenters. The fraction of sp³-hybridized carbons (Fsp3) is 0.433. The first-order valence-corrected chi connectivity index (χ1v) is 13.7. The third-order valence-corrected chi connectivity index (χ3v) is 8.76. The van der Waals surface area contributed by atoms with Gasteiger partial charge in [0.15, 0.2) is 5.65 Å². The molecular weight excluding hydrogens is 524 g/mol. The van der Waals surface area contributed by atoms with E-state index in [0.29, 0.717) is 30.3 Å². The standard InChI is InChI=1S/C30H30F4N4O2/c1-2-3-17-4-5-18(12-17)10-11-35-29(40)21-14-38(25-8-6-19(31)13-24(25)32)28-20(27(21)39)7-9-26(36-28)37-15-22-23(16-37)30(22,33)34/h2,6-9,13-14,17-18,22-23H,1,3-5,10-12,15-16H2,(H,35,40). The fourth-order valence-electron chi connectivity index (χ4n) is 6.46. The summed E-state index contributed by atoms with van der Waals surface area (Å²) in [6.07, 6.45) is 8.24. The molecule has 2 aromatic heterocycles. The molecule has 0 radical (unpaired) electrons. The number of piperidine rings is 1. The van der Waals surface area contributed by atoms with E-state index in [9.17, 15) is 27.2 Å². The Hall–Kier alpha value is -3.69. The van der Waals surface area contributed by atoms with Crippen molar-refractivity contribution in [3.63, 3.8) is 0 Å². The normalized spacial score (nSPS) is 24.8. The van der Waals surface area contributed by atoms with Crippen LogP contribution < -0.4 is 15.6 Å². The number of hydrogen-bond acceptors (Lipinski definition) is 4. The highest BCUT2D eigenvalue weighted by Crippen LogP contribution is 2.59. The van der Waals surface area contributed by atoms with Crippen molar-refractivity contribution in [3.05, 3.63) is 76.6 Å². The van der Waals surface area contributed by atoms with Crippen molar-refractivity contribution in [2.75, 3.05) is 24.5 Å². The number of rotatable bonds is 8. The molecule has 3 fully saturated rings. The van der Waals surface area contributed by atoms with Crippen LogP contribution in [0.5, 0.6) is 0 Å². The molecule has 1 aliphatic heterocycles.